The quantitative estimate of drug-likeness (QED) is 0.746. The van der Waals surface area contributed by atoms with Crippen LogP contribution in [0.25, 0.3) is 0 Å². The first-order valence-electron chi connectivity index (χ1n) is 5.78. The molecule has 100 valence electrons. The molecular weight excluding hydrogens is 244 g/mol. The Bertz CT molecular complexity index is 529. The predicted molar refractivity (Wildman–Crippen MR) is 71.2 cm³/mol. The summed E-state index contributed by atoms with van der Waals surface area (Å²) in [5, 5.41) is 8.64. The van der Waals surface area contributed by atoms with Gasteiger partial charge in [0.05, 0.1) is 13.2 Å². The van der Waals surface area contributed by atoms with E-state index in [0.29, 0.717) is 17.5 Å². The van der Waals surface area contributed by atoms with Gasteiger partial charge >= 0.3 is 0 Å². The van der Waals surface area contributed by atoms with Crippen LogP contribution in [0, 0.1) is 11.8 Å². The summed E-state index contributed by atoms with van der Waals surface area (Å²) in [4.78, 5) is 24.0. The van der Waals surface area contributed by atoms with Gasteiger partial charge in [-0.1, -0.05) is 17.9 Å². The number of carbonyl (C=O) groups is 2. The molecule has 2 amide bonds. The number of aliphatic hydroxyl groups excluding tert-OH is 1. The maximum atomic E-state index is 12.0. The van der Waals surface area contributed by atoms with Gasteiger partial charge in [-0.15, -0.1) is 0 Å². The second-order valence-electron chi connectivity index (χ2n) is 3.98. The van der Waals surface area contributed by atoms with Crippen molar-refractivity contribution in [3.05, 3.63) is 35.4 Å². The van der Waals surface area contributed by atoms with E-state index < -0.39 is 5.91 Å². The Balaban J connectivity index is 2.84. The number of carbonyl (C=O) groups excluding carboxylic acids is 2. The average Bonchev–Trinajstić information content (AvgIpc) is 2.38. The lowest BCUT2D eigenvalue weighted by molar-refractivity contribution is -0.118. The van der Waals surface area contributed by atoms with Crippen molar-refractivity contribution >= 4 is 11.8 Å². The third-order valence-corrected chi connectivity index (χ3v) is 2.32. The fourth-order valence-electron chi connectivity index (χ4n) is 1.48. The molecule has 0 heterocycles. The fourth-order valence-corrected chi connectivity index (χ4v) is 1.48. The monoisotopic (exact) mass is 260 g/mol. The molecule has 0 bridgehead atoms. The number of hydrogen-bond donors (Lipinski definition) is 2. The summed E-state index contributed by atoms with van der Waals surface area (Å²) in [6.07, 6.45) is 0.389. The number of amides is 2. The van der Waals surface area contributed by atoms with E-state index in [1.807, 2.05) is 0 Å². The summed E-state index contributed by atoms with van der Waals surface area (Å²) in [7, 11) is 1.51. The van der Waals surface area contributed by atoms with Crippen molar-refractivity contribution in [3.8, 4) is 11.8 Å². The van der Waals surface area contributed by atoms with Gasteiger partial charge in [0.2, 0.25) is 5.91 Å². The fraction of sp³-hybridized carbons (Fsp3) is 0.286. The molecule has 0 saturated carbocycles. The third kappa shape index (κ3) is 4.82. The van der Waals surface area contributed by atoms with Crippen LogP contribution < -0.4 is 5.73 Å². The Labute approximate surface area is 112 Å². The van der Waals surface area contributed by atoms with Crippen LogP contribution in [0.1, 0.15) is 22.3 Å². The minimum atomic E-state index is -0.560. The van der Waals surface area contributed by atoms with Crippen molar-refractivity contribution < 1.29 is 14.7 Å². The normalized spacial score (nSPS) is 9.37. The summed E-state index contributed by atoms with van der Waals surface area (Å²) >= 11 is 0. The van der Waals surface area contributed by atoms with Gasteiger partial charge in [-0.2, -0.15) is 0 Å². The van der Waals surface area contributed by atoms with Crippen molar-refractivity contribution in [1.29, 1.82) is 0 Å². The van der Waals surface area contributed by atoms with Crippen LogP contribution >= 0.6 is 0 Å². The topological polar surface area (TPSA) is 83.6 Å². The minimum absolute atomic E-state index is 0.00692. The average molecular weight is 260 g/mol. The predicted octanol–water partition coefficient (Wildman–Crippen LogP) is -0.0222. The number of nitrogens with two attached hydrogens (primary N) is 1. The number of benzene rings is 1. The van der Waals surface area contributed by atoms with Gasteiger partial charge in [0.15, 0.2) is 0 Å². The maximum absolute atomic E-state index is 12.0. The van der Waals surface area contributed by atoms with Crippen molar-refractivity contribution in [2.45, 2.75) is 6.42 Å². The summed E-state index contributed by atoms with van der Waals surface area (Å²) in [5.74, 6) is 4.78. The molecule has 0 aliphatic rings. The molecule has 19 heavy (non-hydrogen) atoms. The molecule has 0 saturated heterocycles. The lowest BCUT2D eigenvalue weighted by Crippen LogP contribution is -2.35. The summed E-state index contributed by atoms with van der Waals surface area (Å²) in [5.41, 5.74) is 6.17. The van der Waals surface area contributed by atoms with Gasteiger partial charge in [-0.25, -0.2) is 0 Å². The van der Waals surface area contributed by atoms with Crippen molar-refractivity contribution in [1.82, 2.24) is 4.90 Å². The first-order chi connectivity index (χ1) is 9.04. The first-order valence-corrected chi connectivity index (χ1v) is 5.78. The highest BCUT2D eigenvalue weighted by molar-refractivity contribution is 5.96. The first kappa shape index (κ1) is 14.7. The van der Waals surface area contributed by atoms with E-state index in [0.717, 1.165) is 0 Å². The Hall–Kier alpha value is -2.32. The highest BCUT2D eigenvalue weighted by atomic mass is 16.2. The van der Waals surface area contributed by atoms with E-state index in [1.165, 1.54) is 11.9 Å². The van der Waals surface area contributed by atoms with E-state index in [-0.39, 0.29) is 19.1 Å². The zero-order valence-electron chi connectivity index (χ0n) is 10.7. The smallest absolute Gasteiger partial charge is 0.254 e. The molecule has 3 N–H and O–H groups in total. The molecule has 0 spiro atoms. The molecule has 0 atom stereocenters. The number of likely N-dealkylation sites (N-methyl/N-ethyl adjacent to an activating group) is 1. The highest BCUT2D eigenvalue weighted by Gasteiger charge is 2.13. The standard InChI is InChI=1S/C14H16N2O3/c1-16(10-13(15)18)14(19)12-7-4-6-11(9-12)5-2-3-8-17/h4,6-7,9,17H,3,8,10H2,1H3,(H2,15,18). The molecule has 5 heteroatoms. The maximum Gasteiger partial charge on any atom is 0.254 e. The molecule has 1 aromatic carbocycles. The van der Waals surface area contributed by atoms with E-state index >= 15 is 0 Å². The Morgan fingerprint density at radius 1 is 1.42 bits per heavy atom. The van der Waals surface area contributed by atoms with Gasteiger partial charge in [0.1, 0.15) is 0 Å². The summed E-state index contributed by atoms with van der Waals surface area (Å²) in [6, 6.07) is 6.78. The molecule has 0 unspecified atom stereocenters. The molecule has 0 aromatic heterocycles. The number of nitrogens with zero attached hydrogens (tertiary/aromatic N) is 1. The molecule has 1 rings (SSSR count). The number of aliphatic hydroxyl groups is 1. The highest BCUT2D eigenvalue weighted by Crippen LogP contribution is 2.07. The Kier molecular flexibility index (Phi) is 5.58. The van der Waals surface area contributed by atoms with Gasteiger partial charge in [-0.05, 0) is 18.2 Å². The van der Waals surface area contributed by atoms with Gasteiger partial charge in [-0.3, -0.25) is 9.59 Å². The van der Waals surface area contributed by atoms with Crippen molar-refractivity contribution in [3.63, 3.8) is 0 Å². The minimum Gasteiger partial charge on any atom is -0.395 e. The Morgan fingerprint density at radius 3 is 2.79 bits per heavy atom. The van der Waals surface area contributed by atoms with E-state index in [9.17, 15) is 9.59 Å². The van der Waals surface area contributed by atoms with Crippen molar-refractivity contribution in [2.24, 2.45) is 5.73 Å². The Morgan fingerprint density at radius 2 is 2.16 bits per heavy atom. The lowest BCUT2D eigenvalue weighted by Gasteiger charge is -2.14. The molecule has 0 fully saturated rings. The van der Waals surface area contributed by atoms with E-state index in [2.05, 4.69) is 11.8 Å². The molecular formula is C14H16N2O3. The van der Waals surface area contributed by atoms with Crippen LogP contribution in [0.2, 0.25) is 0 Å². The summed E-state index contributed by atoms with van der Waals surface area (Å²) < 4.78 is 0. The molecule has 5 nitrogen and oxygen atoms in total. The zero-order chi connectivity index (χ0) is 14.3. The van der Waals surface area contributed by atoms with Crippen LogP contribution in [0.4, 0.5) is 0 Å². The van der Waals surface area contributed by atoms with Gasteiger partial charge in [0, 0.05) is 24.6 Å². The SMILES string of the molecule is CN(CC(N)=O)C(=O)c1cccc(C#CCCO)c1. The largest absolute Gasteiger partial charge is 0.395 e. The lowest BCUT2D eigenvalue weighted by atomic mass is 10.1. The van der Waals surface area contributed by atoms with Gasteiger partial charge < -0.3 is 15.7 Å². The molecule has 0 aliphatic heterocycles. The van der Waals surface area contributed by atoms with Crippen LogP contribution in [0.3, 0.4) is 0 Å². The van der Waals surface area contributed by atoms with Crippen LogP contribution in [0.5, 0.6) is 0 Å². The van der Waals surface area contributed by atoms with Crippen molar-refractivity contribution in [2.75, 3.05) is 20.2 Å². The molecule has 1 aromatic rings. The summed E-state index contributed by atoms with van der Waals surface area (Å²) in [6.45, 7) is -0.119. The van der Waals surface area contributed by atoms with Crippen LogP contribution in [-0.4, -0.2) is 42.0 Å². The van der Waals surface area contributed by atoms with Crippen LogP contribution in [0.15, 0.2) is 24.3 Å². The second-order valence-corrected chi connectivity index (χ2v) is 3.98. The zero-order valence-corrected chi connectivity index (χ0v) is 10.7. The molecule has 0 radical (unpaired) electrons. The third-order valence-electron chi connectivity index (χ3n) is 2.32. The number of hydrogen-bond acceptors (Lipinski definition) is 3. The van der Waals surface area contributed by atoms with E-state index in [1.54, 1.807) is 24.3 Å². The van der Waals surface area contributed by atoms with Gasteiger partial charge in [0.25, 0.3) is 5.91 Å². The number of primary amides is 1. The van der Waals surface area contributed by atoms with Crippen LogP contribution in [-0.2, 0) is 4.79 Å². The number of rotatable bonds is 4. The molecule has 0 aliphatic carbocycles. The van der Waals surface area contributed by atoms with E-state index in [4.69, 9.17) is 10.8 Å². The second kappa shape index (κ2) is 7.19.